The molecule has 0 aromatic heterocycles. The van der Waals surface area contributed by atoms with Gasteiger partial charge in [0.2, 0.25) is 18.2 Å². The Labute approximate surface area is 278 Å². The van der Waals surface area contributed by atoms with Crippen molar-refractivity contribution < 1.29 is 24.3 Å². The van der Waals surface area contributed by atoms with Crippen LogP contribution in [-0.4, -0.2) is 79.2 Å². The van der Waals surface area contributed by atoms with Gasteiger partial charge in [-0.3, -0.25) is 14.4 Å². The van der Waals surface area contributed by atoms with Crippen molar-refractivity contribution in [3.63, 3.8) is 0 Å². The first-order valence-electron chi connectivity index (χ1n) is 15.0. The van der Waals surface area contributed by atoms with Crippen molar-refractivity contribution in [2.75, 3.05) is 44.3 Å². The number of nitrogen functional groups attached to an aromatic ring is 1. The number of halogens is 1. The Morgan fingerprint density at radius 1 is 1.17 bits per heavy atom. The van der Waals surface area contributed by atoms with Crippen molar-refractivity contribution in [3.05, 3.63) is 71.2 Å². The summed E-state index contributed by atoms with van der Waals surface area (Å²) in [5, 5.41) is 15.7. The highest BCUT2D eigenvalue weighted by Crippen LogP contribution is 2.19. The van der Waals surface area contributed by atoms with Crippen LogP contribution in [0, 0.1) is 19.5 Å². The second-order valence-corrected chi connectivity index (χ2v) is 10.5. The third kappa shape index (κ3) is 15.4. The Hall–Kier alpha value is -4.59. The van der Waals surface area contributed by atoms with Gasteiger partial charge in [0.1, 0.15) is 12.9 Å². The first-order valence-corrected chi connectivity index (χ1v) is 15.4. The summed E-state index contributed by atoms with van der Waals surface area (Å²) in [4.78, 5) is 46.1. The number of terminal acetylenes is 1. The third-order valence-corrected chi connectivity index (χ3v) is 7.18. The minimum Gasteiger partial charge on any atom is -0.462 e. The van der Waals surface area contributed by atoms with Crippen LogP contribution < -0.4 is 16.4 Å². The summed E-state index contributed by atoms with van der Waals surface area (Å²) in [6, 6.07) is 19.3. The number of carbonyl (C=O) groups is 4. The molecule has 0 radical (unpaired) electrons. The molecule has 1 fully saturated rings. The fraction of sp³-hybridized carbons (Fsp3) is 0.371. The second-order valence-electron chi connectivity index (χ2n) is 10.0. The molecule has 46 heavy (non-hydrogen) atoms. The van der Waals surface area contributed by atoms with Gasteiger partial charge in [-0.05, 0) is 80.8 Å². The van der Waals surface area contributed by atoms with E-state index in [2.05, 4.69) is 24.0 Å². The zero-order valence-corrected chi connectivity index (χ0v) is 28.1. The second kappa shape index (κ2) is 24.7. The number of benzene rings is 3. The minimum absolute atomic E-state index is 0.0636. The lowest BCUT2D eigenvalue weighted by Gasteiger charge is -2.33. The molecule has 5 N–H and O–H groups in total. The smallest absolute Gasteiger partial charge is 0.242 e. The van der Waals surface area contributed by atoms with Crippen molar-refractivity contribution in [2.24, 2.45) is 0 Å². The van der Waals surface area contributed by atoms with E-state index in [4.69, 9.17) is 27.2 Å². The van der Waals surface area contributed by atoms with Gasteiger partial charge in [-0.15, -0.1) is 0 Å². The number of aryl methyl sites for hydroxylation is 1. The van der Waals surface area contributed by atoms with Gasteiger partial charge in [0.05, 0.1) is 23.3 Å². The Morgan fingerprint density at radius 2 is 1.83 bits per heavy atom. The highest BCUT2D eigenvalue weighted by Gasteiger charge is 2.29. The number of piperidine rings is 1. The Kier molecular flexibility index (Phi) is 22.2. The van der Waals surface area contributed by atoms with Crippen LogP contribution in [0.4, 0.5) is 11.4 Å². The number of anilines is 2. The summed E-state index contributed by atoms with van der Waals surface area (Å²) in [5.74, 6) is 0.134. The number of carbonyl (C=O) groups excluding carboxylic acids is 4. The van der Waals surface area contributed by atoms with E-state index in [-0.39, 0.29) is 24.4 Å². The van der Waals surface area contributed by atoms with E-state index < -0.39 is 0 Å². The Bertz CT molecular complexity index is 1380. The van der Waals surface area contributed by atoms with E-state index in [1.54, 1.807) is 18.0 Å². The van der Waals surface area contributed by atoms with E-state index in [0.717, 1.165) is 55.4 Å². The van der Waals surface area contributed by atoms with Gasteiger partial charge in [0, 0.05) is 25.3 Å². The summed E-state index contributed by atoms with van der Waals surface area (Å²) in [6.45, 7) is 10.5. The fourth-order valence-electron chi connectivity index (χ4n) is 4.42. The molecule has 0 aliphatic carbocycles. The number of rotatable bonds is 9. The molecule has 0 spiro atoms. The zero-order valence-electron chi connectivity index (χ0n) is 27.3. The number of nitrogens with two attached hydrogens (primary N) is 1. The molecule has 4 rings (SSSR count). The van der Waals surface area contributed by atoms with Crippen LogP contribution in [0.1, 0.15) is 45.1 Å². The molecule has 0 bridgehead atoms. The van der Waals surface area contributed by atoms with Gasteiger partial charge in [-0.1, -0.05) is 67.8 Å². The molecule has 3 aromatic carbocycles. The maximum Gasteiger partial charge on any atom is 0.242 e. The van der Waals surface area contributed by atoms with Crippen molar-refractivity contribution in [3.8, 4) is 12.5 Å². The number of amides is 3. The van der Waals surface area contributed by atoms with Crippen molar-refractivity contribution in [1.29, 1.82) is 0 Å². The first-order chi connectivity index (χ1) is 22.1. The summed E-state index contributed by atoms with van der Waals surface area (Å²) >= 11 is 5.69. The summed E-state index contributed by atoms with van der Waals surface area (Å²) < 4.78 is 0. The maximum absolute atomic E-state index is 12.2. The van der Waals surface area contributed by atoms with Gasteiger partial charge in [0.15, 0.2) is 0 Å². The molecule has 250 valence electrons. The number of nitrogens with zero attached hydrogens (tertiary/aromatic N) is 2. The molecule has 10 nitrogen and oxygen atoms in total. The number of hydrogen-bond acceptors (Lipinski definition) is 7. The monoisotopic (exact) mass is 653 g/mol. The summed E-state index contributed by atoms with van der Waals surface area (Å²) in [5.41, 5.74) is 8.06. The predicted octanol–water partition coefficient (Wildman–Crippen LogP) is 5.25. The van der Waals surface area contributed by atoms with Gasteiger partial charge in [-0.25, -0.2) is 0 Å². The van der Waals surface area contributed by atoms with Gasteiger partial charge < -0.3 is 36.1 Å². The van der Waals surface area contributed by atoms with Crippen molar-refractivity contribution >= 4 is 58.8 Å². The predicted molar refractivity (Wildman–Crippen MR) is 188 cm³/mol. The zero-order chi connectivity index (χ0) is 34.9. The molecular formula is C35H48ClN5O5. The van der Waals surface area contributed by atoms with Crippen LogP contribution in [-0.2, 0) is 19.2 Å². The quantitative estimate of drug-likeness (QED) is 0.140. The van der Waals surface area contributed by atoms with E-state index in [9.17, 15) is 14.4 Å². The van der Waals surface area contributed by atoms with Crippen LogP contribution in [0.25, 0.3) is 10.8 Å². The molecule has 1 heterocycles. The molecule has 0 saturated carbocycles. The lowest BCUT2D eigenvalue weighted by Crippen LogP contribution is -2.52. The van der Waals surface area contributed by atoms with Gasteiger partial charge >= 0.3 is 0 Å². The summed E-state index contributed by atoms with van der Waals surface area (Å²) in [7, 11) is 1.80. The molecule has 1 atom stereocenters. The number of hydrogen-bond donors (Lipinski definition) is 4. The molecule has 11 heteroatoms. The molecule has 0 unspecified atom stereocenters. The van der Waals surface area contributed by atoms with Crippen LogP contribution in [0.15, 0.2) is 60.7 Å². The number of likely N-dealkylation sites (tertiary alicyclic amines) is 1. The minimum atomic E-state index is -0.118. The normalized spacial score (nSPS) is 13.0. The number of aliphatic hydroxyl groups excluding tert-OH is 1. The maximum atomic E-state index is 12.2. The van der Waals surface area contributed by atoms with Crippen molar-refractivity contribution in [2.45, 2.75) is 52.5 Å². The molecule has 1 saturated heterocycles. The largest absolute Gasteiger partial charge is 0.462 e. The Balaban J connectivity index is 0.000000648. The Morgan fingerprint density at radius 3 is 2.37 bits per heavy atom. The van der Waals surface area contributed by atoms with Crippen LogP contribution in [0.2, 0.25) is 5.02 Å². The fourth-order valence-corrected chi connectivity index (χ4v) is 4.65. The average Bonchev–Trinajstić information content (AvgIpc) is 3.06. The SMILES string of the molecule is C#CO.C=O.CCCCN(CC)C(=O)CN1CCC[C@H](NC)C1=O.Cc1ccc(N)c(Cl)c1.O=CNc1ccc2ccccc2c1. The molecule has 1 aliphatic heterocycles. The molecule has 1 aliphatic rings. The van der Waals surface area contributed by atoms with Crippen LogP contribution >= 0.6 is 11.6 Å². The number of fused-ring (bicyclic) bond motifs is 1. The van der Waals surface area contributed by atoms with Crippen LogP contribution in [0.5, 0.6) is 0 Å². The summed E-state index contributed by atoms with van der Waals surface area (Å²) in [6.07, 6.45) is 10.0. The van der Waals surface area contributed by atoms with E-state index in [1.165, 1.54) is 11.5 Å². The highest BCUT2D eigenvalue weighted by molar-refractivity contribution is 6.33. The van der Waals surface area contributed by atoms with Crippen molar-refractivity contribution in [1.82, 2.24) is 15.1 Å². The lowest BCUT2D eigenvalue weighted by molar-refractivity contribution is -0.143. The topological polar surface area (TPSA) is 145 Å². The molecular weight excluding hydrogens is 606 g/mol. The number of aliphatic hydroxyl groups is 1. The average molecular weight is 654 g/mol. The third-order valence-electron chi connectivity index (χ3n) is 6.85. The molecule has 3 amide bonds. The van der Waals surface area contributed by atoms with E-state index in [1.807, 2.05) is 80.1 Å². The molecule has 3 aromatic rings. The van der Waals surface area contributed by atoms with Gasteiger partial charge in [-0.2, -0.15) is 0 Å². The first kappa shape index (κ1) is 41.4. The standard InChI is InChI=1S/C14H27N3O2.C11H9NO.C7H8ClN.C2H2O.CH2O/c1-4-6-9-16(5-2)13(18)11-17-10-7-8-12(15-3)14(17)19;13-8-12-11-6-5-9-3-1-2-4-10(9)7-11;1-5-2-3-7(9)6(8)4-5;1-2-3;1-2/h12,15H,4-11H2,1-3H3;1-8H,(H,12,13);2-4H,9H2,1H3;1,3H;1H2/t12-;;;;/m0..../s1. The number of nitrogens with one attached hydrogen (secondary N) is 2. The van der Waals surface area contributed by atoms with Crippen LogP contribution in [0.3, 0.4) is 0 Å². The number of unbranched alkanes of at least 4 members (excludes halogenated alkanes) is 1. The van der Waals surface area contributed by atoms with E-state index in [0.29, 0.717) is 23.7 Å². The lowest BCUT2D eigenvalue weighted by atomic mass is 10.1. The highest BCUT2D eigenvalue weighted by atomic mass is 35.5. The van der Waals surface area contributed by atoms with Gasteiger partial charge in [0.25, 0.3) is 0 Å². The number of likely N-dealkylation sites (N-methyl/N-ethyl adjacent to an activating group) is 2. The van der Waals surface area contributed by atoms with E-state index >= 15 is 0 Å².